The summed E-state index contributed by atoms with van der Waals surface area (Å²) in [5.41, 5.74) is 1.11. The minimum atomic E-state index is -0.500. The molecule has 0 unspecified atom stereocenters. The predicted octanol–water partition coefficient (Wildman–Crippen LogP) is 4.61. The second-order valence-corrected chi connectivity index (χ2v) is 6.41. The molecular formula is C18H11N3O3S. The molecule has 6 nitrogen and oxygen atoms in total. The van der Waals surface area contributed by atoms with Crippen molar-refractivity contribution in [3.63, 3.8) is 0 Å². The summed E-state index contributed by atoms with van der Waals surface area (Å²) >= 11 is 1.41. The molecule has 0 saturated heterocycles. The lowest BCUT2D eigenvalue weighted by Crippen LogP contribution is -2.11. The van der Waals surface area contributed by atoms with E-state index in [4.69, 9.17) is 0 Å². The zero-order valence-corrected chi connectivity index (χ0v) is 13.6. The van der Waals surface area contributed by atoms with Gasteiger partial charge in [0.05, 0.1) is 15.1 Å². The SMILES string of the molecule is O=C(Nc1nc2ccc3ccccc3c2s1)c1ccc([N+](=O)[O-])cc1. The minimum Gasteiger partial charge on any atom is -0.298 e. The van der Waals surface area contributed by atoms with Gasteiger partial charge in [0.15, 0.2) is 5.13 Å². The molecule has 1 N–H and O–H groups in total. The molecule has 122 valence electrons. The maximum absolute atomic E-state index is 12.3. The fraction of sp³-hybridized carbons (Fsp3) is 0. The lowest BCUT2D eigenvalue weighted by atomic mass is 10.1. The van der Waals surface area contributed by atoms with Gasteiger partial charge in [-0.05, 0) is 23.6 Å². The summed E-state index contributed by atoms with van der Waals surface area (Å²) in [4.78, 5) is 27.0. The second-order valence-electron chi connectivity index (χ2n) is 5.41. The van der Waals surface area contributed by atoms with Crippen LogP contribution in [0.5, 0.6) is 0 Å². The van der Waals surface area contributed by atoms with Crippen LogP contribution < -0.4 is 5.32 Å². The minimum absolute atomic E-state index is 0.0528. The first-order valence-corrected chi connectivity index (χ1v) is 8.27. The summed E-state index contributed by atoms with van der Waals surface area (Å²) in [6, 6.07) is 17.4. The monoisotopic (exact) mass is 349 g/mol. The Morgan fingerprint density at radius 1 is 1.04 bits per heavy atom. The van der Waals surface area contributed by atoms with Crippen molar-refractivity contribution in [2.75, 3.05) is 5.32 Å². The Hall–Kier alpha value is -3.32. The highest BCUT2D eigenvalue weighted by Gasteiger charge is 2.13. The number of aromatic nitrogens is 1. The van der Waals surface area contributed by atoms with Crippen LogP contribution in [-0.2, 0) is 0 Å². The highest BCUT2D eigenvalue weighted by molar-refractivity contribution is 7.23. The summed E-state index contributed by atoms with van der Waals surface area (Å²) in [6.45, 7) is 0. The number of hydrogen-bond donors (Lipinski definition) is 1. The largest absolute Gasteiger partial charge is 0.298 e. The number of nitro groups is 1. The maximum atomic E-state index is 12.3. The molecule has 1 heterocycles. The van der Waals surface area contributed by atoms with Crippen molar-refractivity contribution in [3.05, 3.63) is 76.3 Å². The van der Waals surface area contributed by atoms with E-state index in [9.17, 15) is 14.9 Å². The number of hydrogen-bond acceptors (Lipinski definition) is 5. The zero-order chi connectivity index (χ0) is 17.4. The van der Waals surface area contributed by atoms with Gasteiger partial charge in [-0.3, -0.25) is 20.2 Å². The van der Waals surface area contributed by atoms with Crippen molar-refractivity contribution >= 4 is 49.1 Å². The number of nitrogens with zero attached hydrogens (tertiary/aromatic N) is 2. The van der Waals surface area contributed by atoms with Crippen molar-refractivity contribution in [1.29, 1.82) is 0 Å². The Balaban J connectivity index is 1.65. The molecule has 0 saturated carbocycles. The molecule has 25 heavy (non-hydrogen) atoms. The zero-order valence-electron chi connectivity index (χ0n) is 12.8. The van der Waals surface area contributed by atoms with Crippen LogP contribution in [0.1, 0.15) is 10.4 Å². The van der Waals surface area contributed by atoms with E-state index < -0.39 is 4.92 Å². The van der Waals surface area contributed by atoms with Crippen LogP contribution in [-0.4, -0.2) is 15.8 Å². The number of thiazole rings is 1. The Kier molecular flexibility index (Phi) is 3.62. The number of carbonyl (C=O) groups excluding carboxylic acids is 1. The fourth-order valence-electron chi connectivity index (χ4n) is 2.61. The van der Waals surface area contributed by atoms with Gasteiger partial charge in [0.2, 0.25) is 0 Å². The van der Waals surface area contributed by atoms with E-state index >= 15 is 0 Å². The lowest BCUT2D eigenvalue weighted by Gasteiger charge is -2.00. The summed E-state index contributed by atoms with van der Waals surface area (Å²) in [5, 5.41) is 16.1. The van der Waals surface area contributed by atoms with Gasteiger partial charge in [0.1, 0.15) is 0 Å². The van der Waals surface area contributed by atoms with Crippen molar-refractivity contribution in [3.8, 4) is 0 Å². The third-order valence-corrected chi connectivity index (χ3v) is 4.86. The molecular weight excluding hydrogens is 338 g/mol. The van der Waals surface area contributed by atoms with Gasteiger partial charge in [-0.15, -0.1) is 0 Å². The first-order valence-electron chi connectivity index (χ1n) is 7.46. The molecule has 0 atom stereocenters. The molecule has 4 aromatic rings. The third-order valence-electron chi connectivity index (χ3n) is 3.84. The van der Waals surface area contributed by atoms with E-state index in [1.54, 1.807) is 0 Å². The van der Waals surface area contributed by atoms with Crippen LogP contribution in [0.2, 0.25) is 0 Å². The number of amides is 1. The van der Waals surface area contributed by atoms with E-state index in [0.717, 1.165) is 21.0 Å². The quantitative estimate of drug-likeness (QED) is 0.432. The highest BCUT2D eigenvalue weighted by Crippen LogP contribution is 2.32. The Bertz CT molecular complexity index is 1120. The number of benzene rings is 3. The average molecular weight is 349 g/mol. The maximum Gasteiger partial charge on any atom is 0.269 e. The van der Waals surface area contributed by atoms with Gasteiger partial charge in [-0.1, -0.05) is 41.7 Å². The Morgan fingerprint density at radius 3 is 2.56 bits per heavy atom. The number of anilines is 1. The first kappa shape index (κ1) is 15.2. The molecule has 1 amide bonds. The number of rotatable bonds is 3. The standard InChI is InChI=1S/C18H11N3O3S/c22-17(12-5-8-13(9-6-12)21(23)24)20-18-19-15-10-7-11-3-1-2-4-14(11)16(15)25-18/h1-10H,(H,19,20,22). The molecule has 0 fully saturated rings. The Labute approximate surface area is 145 Å². The smallest absolute Gasteiger partial charge is 0.269 e. The van der Waals surface area contributed by atoms with Crippen LogP contribution in [0.25, 0.3) is 21.0 Å². The second kappa shape index (κ2) is 5.95. The van der Waals surface area contributed by atoms with E-state index in [1.165, 1.54) is 35.6 Å². The number of nitrogens with one attached hydrogen (secondary N) is 1. The molecule has 3 aromatic carbocycles. The van der Waals surface area contributed by atoms with E-state index in [-0.39, 0.29) is 11.6 Å². The van der Waals surface area contributed by atoms with Crippen molar-refractivity contribution < 1.29 is 9.72 Å². The van der Waals surface area contributed by atoms with Crippen LogP contribution in [0.4, 0.5) is 10.8 Å². The van der Waals surface area contributed by atoms with Gasteiger partial charge in [0.25, 0.3) is 11.6 Å². The fourth-order valence-corrected chi connectivity index (χ4v) is 3.61. The molecule has 7 heteroatoms. The first-order chi connectivity index (χ1) is 12.1. The lowest BCUT2D eigenvalue weighted by molar-refractivity contribution is -0.384. The van der Waals surface area contributed by atoms with Crippen LogP contribution >= 0.6 is 11.3 Å². The highest BCUT2D eigenvalue weighted by atomic mass is 32.1. The van der Waals surface area contributed by atoms with E-state index in [2.05, 4.69) is 10.3 Å². The van der Waals surface area contributed by atoms with Crippen LogP contribution in [0, 0.1) is 10.1 Å². The predicted molar refractivity (Wildman–Crippen MR) is 98.2 cm³/mol. The molecule has 0 bridgehead atoms. The van der Waals surface area contributed by atoms with E-state index in [0.29, 0.717) is 10.7 Å². The molecule has 0 radical (unpaired) electrons. The molecule has 0 aliphatic rings. The molecule has 0 aliphatic heterocycles. The normalized spacial score (nSPS) is 10.9. The van der Waals surface area contributed by atoms with Gasteiger partial charge in [-0.25, -0.2) is 4.98 Å². The van der Waals surface area contributed by atoms with Gasteiger partial charge in [0, 0.05) is 23.1 Å². The van der Waals surface area contributed by atoms with Gasteiger partial charge >= 0.3 is 0 Å². The summed E-state index contributed by atoms with van der Waals surface area (Å²) in [6.07, 6.45) is 0. The van der Waals surface area contributed by atoms with Crippen molar-refractivity contribution in [2.24, 2.45) is 0 Å². The molecule has 4 rings (SSSR count). The summed E-state index contributed by atoms with van der Waals surface area (Å²) in [7, 11) is 0. The van der Waals surface area contributed by atoms with Crippen molar-refractivity contribution in [1.82, 2.24) is 4.98 Å². The van der Waals surface area contributed by atoms with Gasteiger partial charge in [-0.2, -0.15) is 0 Å². The van der Waals surface area contributed by atoms with Gasteiger partial charge < -0.3 is 0 Å². The van der Waals surface area contributed by atoms with Crippen LogP contribution in [0.3, 0.4) is 0 Å². The third kappa shape index (κ3) is 2.81. The summed E-state index contributed by atoms with van der Waals surface area (Å²) in [5.74, 6) is -0.349. The topological polar surface area (TPSA) is 85.1 Å². The number of carbonyl (C=O) groups is 1. The number of fused-ring (bicyclic) bond motifs is 3. The Morgan fingerprint density at radius 2 is 1.80 bits per heavy atom. The molecule has 1 aromatic heterocycles. The van der Waals surface area contributed by atoms with Crippen LogP contribution in [0.15, 0.2) is 60.7 Å². The van der Waals surface area contributed by atoms with Crippen molar-refractivity contribution in [2.45, 2.75) is 0 Å². The average Bonchev–Trinajstić information content (AvgIpc) is 3.04. The van der Waals surface area contributed by atoms with E-state index in [1.807, 2.05) is 36.4 Å². The molecule has 0 aliphatic carbocycles. The molecule has 0 spiro atoms. The number of non-ortho nitro benzene ring substituents is 1. The summed E-state index contributed by atoms with van der Waals surface area (Å²) < 4.78 is 1.01. The number of nitro benzene ring substituents is 1.